The fraction of sp³-hybridized carbons (Fsp3) is 0.188. The van der Waals surface area contributed by atoms with Gasteiger partial charge in [0.25, 0.3) is 0 Å². The van der Waals surface area contributed by atoms with Gasteiger partial charge in [-0.15, -0.1) is 0 Å². The molecule has 0 aliphatic carbocycles. The summed E-state index contributed by atoms with van der Waals surface area (Å²) in [6.45, 7) is 4.15. The minimum Gasteiger partial charge on any atom is -0.473 e. The van der Waals surface area contributed by atoms with Crippen molar-refractivity contribution < 1.29 is 9.53 Å². The molecule has 0 radical (unpaired) electrons. The van der Waals surface area contributed by atoms with Crippen LogP contribution in [0.3, 0.4) is 0 Å². The topological polar surface area (TPSA) is 50.4 Å². The zero-order valence-electron chi connectivity index (χ0n) is 11.9. The molecule has 0 aliphatic rings. The van der Waals surface area contributed by atoms with Gasteiger partial charge in [-0.1, -0.05) is 12.1 Å². The van der Waals surface area contributed by atoms with E-state index in [0.29, 0.717) is 0 Å². The molecule has 0 aromatic heterocycles. The Labute approximate surface area is 138 Å². The summed E-state index contributed by atoms with van der Waals surface area (Å²) in [4.78, 5) is 11.7. The average molecular weight is 396 g/mol. The van der Waals surface area contributed by atoms with Crippen molar-refractivity contribution in [1.82, 2.24) is 5.32 Å². The Morgan fingerprint density at radius 3 is 2.57 bits per heavy atom. The van der Waals surface area contributed by atoms with E-state index in [1.165, 1.54) is 0 Å². The molecule has 2 aromatic carbocycles. The number of ether oxygens (including phenoxy) is 1. The number of anilines is 1. The van der Waals surface area contributed by atoms with E-state index in [1.54, 1.807) is 0 Å². The molecule has 0 heterocycles. The predicted octanol–water partition coefficient (Wildman–Crippen LogP) is 4.07. The second-order valence-corrected chi connectivity index (χ2v) is 5.87. The van der Waals surface area contributed by atoms with Crippen LogP contribution in [-0.2, 0) is 0 Å². The number of amides is 2. The molecular weight excluding hydrogens is 379 g/mol. The van der Waals surface area contributed by atoms with Gasteiger partial charge in [0.05, 0.1) is 0 Å². The molecule has 0 fully saturated rings. The molecule has 0 spiro atoms. The molecule has 5 heteroatoms. The van der Waals surface area contributed by atoms with Gasteiger partial charge in [-0.3, -0.25) is 0 Å². The number of carbonyl (C=O) groups excluding carboxylic acids is 1. The predicted molar refractivity (Wildman–Crippen MR) is 92.7 cm³/mol. The lowest BCUT2D eigenvalue weighted by atomic mass is 10.1. The van der Waals surface area contributed by atoms with Gasteiger partial charge in [0.1, 0.15) is 5.75 Å². The SMILES string of the molecule is Cc1cccc(OCNC(=O)Nc2ccc(I)cc2)c1C. The van der Waals surface area contributed by atoms with Crippen molar-refractivity contribution in [2.45, 2.75) is 13.8 Å². The molecule has 0 saturated carbocycles. The van der Waals surface area contributed by atoms with Crippen LogP contribution in [0.5, 0.6) is 5.75 Å². The molecule has 110 valence electrons. The van der Waals surface area contributed by atoms with E-state index in [9.17, 15) is 4.79 Å². The highest BCUT2D eigenvalue weighted by Gasteiger charge is 2.04. The Hall–Kier alpha value is -1.76. The summed E-state index contributed by atoms with van der Waals surface area (Å²) in [5.41, 5.74) is 2.99. The lowest BCUT2D eigenvalue weighted by Gasteiger charge is -2.12. The molecule has 2 rings (SSSR count). The Bertz CT molecular complexity index is 627. The third-order valence-electron chi connectivity index (χ3n) is 3.12. The van der Waals surface area contributed by atoms with Gasteiger partial charge in [-0.25, -0.2) is 4.79 Å². The van der Waals surface area contributed by atoms with Crippen LogP contribution >= 0.6 is 22.6 Å². The molecule has 0 atom stereocenters. The van der Waals surface area contributed by atoms with Gasteiger partial charge in [-0.2, -0.15) is 0 Å². The van der Waals surface area contributed by atoms with E-state index in [0.717, 1.165) is 26.1 Å². The zero-order chi connectivity index (χ0) is 15.2. The van der Waals surface area contributed by atoms with E-state index in [4.69, 9.17) is 4.74 Å². The van der Waals surface area contributed by atoms with Crippen LogP contribution in [0.15, 0.2) is 42.5 Å². The molecule has 4 nitrogen and oxygen atoms in total. The first-order chi connectivity index (χ1) is 10.1. The molecule has 0 saturated heterocycles. The second kappa shape index (κ2) is 7.31. The van der Waals surface area contributed by atoms with Crippen LogP contribution in [0.1, 0.15) is 11.1 Å². The van der Waals surface area contributed by atoms with E-state index in [-0.39, 0.29) is 12.8 Å². The van der Waals surface area contributed by atoms with E-state index >= 15 is 0 Å². The fourth-order valence-corrected chi connectivity index (χ4v) is 2.13. The first-order valence-corrected chi connectivity index (χ1v) is 7.63. The van der Waals surface area contributed by atoms with Gasteiger partial charge in [0.15, 0.2) is 6.73 Å². The van der Waals surface area contributed by atoms with Crippen molar-refractivity contribution in [3.63, 3.8) is 0 Å². The molecule has 2 N–H and O–H groups in total. The van der Waals surface area contributed by atoms with Crippen LogP contribution in [0, 0.1) is 17.4 Å². The molecular formula is C16H17IN2O2. The van der Waals surface area contributed by atoms with Crippen LogP contribution in [0.2, 0.25) is 0 Å². The second-order valence-electron chi connectivity index (χ2n) is 4.62. The number of rotatable bonds is 4. The van der Waals surface area contributed by atoms with Crippen molar-refractivity contribution >= 4 is 34.3 Å². The number of carbonyl (C=O) groups is 1. The van der Waals surface area contributed by atoms with Gasteiger partial charge < -0.3 is 15.4 Å². The van der Waals surface area contributed by atoms with Gasteiger partial charge >= 0.3 is 6.03 Å². The molecule has 2 aromatic rings. The number of hydrogen-bond acceptors (Lipinski definition) is 2. The Kier molecular flexibility index (Phi) is 5.44. The van der Waals surface area contributed by atoms with Crippen LogP contribution in [0.25, 0.3) is 0 Å². The molecule has 0 unspecified atom stereocenters. The summed E-state index contributed by atoms with van der Waals surface area (Å²) in [7, 11) is 0. The summed E-state index contributed by atoms with van der Waals surface area (Å²) in [6, 6.07) is 13.1. The standard InChI is InChI=1S/C16H17IN2O2/c1-11-4-3-5-15(12(11)2)21-10-18-16(20)19-14-8-6-13(17)7-9-14/h3-9H,10H2,1-2H3,(H2,18,19,20). The maximum atomic E-state index is 11.7. The minimum absolute atomic E-state index is 0.125. The lowest BCUT2D eigenvalue weighted by Crippen LogP contribution is -2.32. The maximum Gasteiger partial charge on any atom is 0.321 e. The normalized spacial score (nSPS) is 10.0. The smallest absolute Gasteiger partial charge is 0.321 e. The van der Waals surface area contributed by atoms with Crippen molar-refractivity contribution in [3.8, 4) is 5.75 Å². The third-order valence-corrected chi connectivity index (χ3v) is 3.84. The molecule has 21 heavy (non-hydrogen) atoms. The first kappa shape index (κ1) is 15.6. The van der Waals surface area contributed by atoms with Gasteiger partial charge in [0, 0.05) is 9.26 Å². The van der Waals surface area contributed by atoms with E-state index < -0.39 is 0 Å². The van der Waals surface area contributed by atoms with Gasteiger partial charge in [0.2, 0.25) is 0 Å². The highest BCUT2D eigenvalue weighted by atomic mass is 127. The van der Waals surface area contributed by atoms with E-state index in [2.05, 4.69) is 33.2 Å². The molecule has 0 bridgehead atoms. The summed E-state index contributed by atoms with van der Waals surface area (Å²) < 4.78 is 6.69. The van der Waals surface area contributed by atoms with Crippen molar-refractivity contribution in [3.05, 3.63) is 57.2 Å². The highest BCUT2D eigenvalue weighted by molar-refractivity contribution is 14.1. The van der Waals surface area contributed by atoms with Crippen LogP contribution in [0.4, 0.5) is 10.5 Å². The average Bonchev–Trinajstić information content (AvgIpc) is 2.46. The molecule has 0 aliphatic heterocycles. The lowest BCUT2D eigenvalue weighted by molar-refractivity contribution is 0.234. The fourth-order valence-electron chi connectivity index (χ4n) is 1.77. The minimum atomic E-state index is -0.290. The summed E-state index contributed by atoms with van der Waals surface area (Å²) in [5, 5.41) is 5.41. The number of aryl methyl sites for hydroxylation is 1. The summed E-state index contributed by atoms with van der Waals surface area (Å²) >= 11 is 2.22. The molecule has 2 amide bonds. The summed E-state index contributed by atoms with van der Waals surface area (Å²) in [6.07, 6.45) is 0. The van der Waals surface area contributed by atoms with Crippen molar-refractivity contribution in [1.29, 1.82) is 0 Å². The third kappa shape index (κ3) is 4.63. The number of benzene rings is 2. The van der Waals surface area contributed by atoms with Gasteiger partial charge in [-0.05, 0) is 77.9 Å². The van der Waals surface area contributed by atoms with Crippen LogP contribution < -0.4 is 15.4 Å². The first-order valence-electron chi connectivity index (χ1n) is 6.55. The number of nitrogens with one attached hydrogen (secondary N) is 2. The zero-order valence-corrected chi connectivity index (χ0v) is 14.1. The van der Waals surface area contributed by atoms with Crippen LogP contribution in [-0.4, -0.2) is 12.8 Å². The Balaban J connectivity index is 1.81. The van der Waals surface area contributed by atoms with E-state index in [1.807, 2.05) is 56.3 Å². The highest BCUT2D eigenvalue weighted by Crippen LogP contribution is 2.20. The summed E-state index contributed by atoms with van der Waals surface area (Å²) in [5.74, 6) is 0.782. The maximum absolute atomic E-state index is 11.7. The quantitative estimate of drug-likeness (QED) is 0.605. The Morgan fingerprint density at radius 2 is 1.86 bits per heavy atom. The van der Waals surface area contributed by atoms with Crippen molar-refractivity contribution in [2.75, 3.05) is 12.0 Å². The number of halogens is 1. The number of urea groups is 1. The monoisotopic (exact) mass is 396 g/mol. The largest absolute Gasteiger partial charge is 0.473 e. The number of hydrogen-bond donors (Lipinski definition) is 2. The Morgan fingerprint density at radius 1 is 1.14 bits per heavy atom. The van der Waals surface area contributed by atoms with Crippen molar-refractivity contribution in [2.24, 2.45) is 0 Å².